The predicted molar refractivity (Wildman–Crippen MR) is 192 cm³/mol. The van der Waals surface area contributed by atoms with E-state index in [1.54, 1.807) is 11.2 Å². The van der Waals surface area contributed by atoms with Gasteiger partial charge >= 0.3 is 12.2 Å². The highest BCUT2D eigenvalue weighted by Crippen LogP contribution is 2.22. The molecule has 12 nitrogen and oxygen atoms in total. The number of hydrazine groups is 1. The summed E-state index contributed by atoms with van der Waals surface area (Å²) in [7, 11) is 2.51. The summed E-state index contributed by atoms with van der Waals surface area (Å²) in [6.07, 6.45) is 1.28. The molecule has 270 valence electrons. The van der Waals surface area contributed by atoms with Crippen LogP contribution in [-0.2, 0) is 32.0 Å². The van der Waals surface area contributed by atoms with E-state index in [0.717, 1.165) is 22.4 Å². The second kappa shape index (κ2) is 18.1. The van der Waals surface area contributed by atoms with Crippen LogP contribution in [0.2, 0.25) is 0 Å². The minimum atomic E-state index is -0.902. The van der Waals surface area contributed by atoms with E-state index < -0.39 is 41.0 Å². The molecule has 3 atom stereocenters. The van der Waals surface area contributed by atoms with E-state index in [4.69, 9.17) is 9.47 Å². The molecular weight excluding hydrogens is 636 g/mol. The lowest BCUT2D eigenvalue weighted by Gasteiger charge is -2.34. The first kappa shape index (κ1) is 39.5. The third-order valence-electron chi connectivity index (χ3n) is 8.13. The Balaban J connectivity index is 1.90. The number of hydrogen-bond acceptors (Lipinski definition) is 8. The van der Waals surface area contributed by atoms with Gasteiger partial charge in [-0.1, -0.05) is 102 Å². The van der Waals surface area contributed by atoms with Gasteiger partial charge in [-0.3, -0.25) is 20.0 Å². The fourth-order valence-electron chi connectivity index (χ4n) is 5.35. The molecule has 0 saturated heterocycles. The van der Waals surface area contributed by atoms with Crippen molar-refractivity contribution >= 4 is 24.0 Å². The van der Waals surface area contributed by atoms with E-state index in [9.17, 15) is 19.2 Å². The van der Waals surface area contributed by atoms with Crippen LogP contribution in [0.1, 0.15) is 59.1 Å². The molecule has 0 radical (unpaired) electrons. The van der Waals surface area contributed by atoms with Crippen LogP contribution in [-0.4, -0.2) is 72.9 Å². The molecule has 0 saturated carbocycles. The standard InChI is InChI=1S/C38H52N6O6/c1-37(2,3)31(41-35(47)49-7)33(45)40-29(24-26-14-10-9-11-15-26)21-23-44(43-34(46)32(38(4,5)6)42-36(48)50-8)25-27-17-19-28(20-18-27)30-16-12-13-22-39-30/h9-20,22,29,31-32H,21,23-25H2,1-8H3,(H,40,45)(H,41,47)(H,42,48)(H,43,46)/t29-,31?,32?/m1/s1. The number of aromatic nitrogens is 1. The Morgan fingerprint density at radius 1 is 0.700 bits per heavy atom. The Morgan fingerprint density at radius 3 is 1.78 bits per heavy atom. The first-order valence-electron chi connectivity index (χ1n) is 16.7. The number of alkyl carbamates (subject to hydrolysis) is 2. The van der Waals surface area contributed by atoms with Crippen molar-refractivity contribution in [2.24, 2.45) is 10.8 Å². The van der Waals surface area contributed by atoms with Crippen molar-refractivity contribution in [1.82, 2.24) is 31.4 Å². The highest BCUT2D eigenvalue weighted by Gasteiger charge is 2.36. The monoisotopic (exact) mass is 688 g/mol. The molecule has 2 aromatic carbocycles. The molecule has 0 aliphatic rings. The smallest absolute Gasteiger partial charge is 0.407 e. The van der Waals surface area contributed by atoms with Gasteiger partial charge in [0.2, 0.25) is 5.91 Å². The van der Waals surface area contributed by atoms with Gasteiger partial charge in [-0.2, -0.15) is 0 Å². The molecule has 0 spiro atoms. The number of nitrogens with zero attached hydrogens (tertiary/aromatic N) is 2. The SMILES string of the molecule is COC(=O)NC(C(=O)N[C@H](CCN(Cc1ccc(-c2ccccn2)cc1)NC(=O)C(NC(=O)OC)C(C)(C)C)Cc1ccccc1)C(C)(C)C. The summed E-state index contributed by atoms with van der Waals surface area (Å²) < 4.78 is 9.59. The number of carbonyl (C=O) groups is 4. The normalized spacial score (nSPS) is 13.4. The van der Waals surface area contributed by atoms with Gasteiger partial charge in [-0.05, 0) is 46.9 Å². The lowest BCUT2D eigenvalue weighted by Crippen LogP contribution is -2.58. The Morgan fingerprint density at radius 2 is 1.26 bits per heavy atom. The van der Waals surface area contributed by atoms with Crippen molar-refractivity contribution in [2.45, 2.75) is 79.1 Å². The van der Waals surface area contributed by atoms with Gasteiger partial charge in [-0.25, -0.2) is 14.6 Å². The number of amides is 4. The first-order valence-corrected chi connectivity index (χ1v) is 16.7. The van der Waals surface area contributed by atoms with Gasteiger partial charge in [0.1, 0.15) is 12.1 Å². The average molecular weight is 689 g/mol. The lowest BCUT2D eigenvalue weighted by molar-refractivity contribution is -0.131. The number of methoxy groups -OCH3 is 2. The topological polar surface area (TPSA) is 151 Å². The summed E-state index contributed by atoms with van der Waals surface area (Å²) in [4.78, 5) is 56.3. The van der Waals surface area contributed by atoms with Gasteiger partial charge < -0.3 is 25.4 Å². The van der Waals surface area contributed by atoms with E-state index in [2.05, 4.69) is 26.4 Å². The fourth-order valence-corrected chi connectivity index (χ4v) is 5.35. The largest absolute Gasteiger partial charge is 0.453 e. The van der Waals surface area contributed by atoms with Gasteiger partial charge in [0.15, 0.2) is 0 Å². The first-order chi connectivity index (χ1) is 23.6. The van der Waals surface area contributed by atoms with Crippen molar-refractivity contribution in [1.29, 1.82) is 0 Å². The van der Waals surface area contributed by atoms with Crippen LogP contribution in [0.15, 0.2) is 79.0 Å². The summed E-state index contributed by atoms with van der Waals surface area (Å²) in [6, 6.07) is 21.3. The molecular formula is C38H52N6O6. The number of rotatable bonds is 14. The van der Waals surface area contributed by atoms with Crippen molar-refractivity contribution in [3.05, 3.63) is 90.1 Å². The van der Waals surface area contributed by atoms with Gasteiger partial charge in [0, 0.05) is 30.9 Å². The molecule has 4 N–H and O–H groups in total. The molecule has 12 heteroatoms. The van der Waals surface area contributed by atoms with E-state index in [1.165, 1.54) is 14.2 Å². The van der Waals surface area contributed by atoms with Crippen LogP contribution < -0.4 is 21.4 Å². The van der Waals surface area contributed by atoms with Crippen molar-refractivity contribution in [2.75, 3.05) is 20.8 Å². The summed E-state index contributed by atoms with van der Waals surface area (Å²) >= 11 is 0. The number of benzene rings is 2. The maximum Gasteiger partial charge on any atom is 0.407 e. The van der Waals surface area contributed by atoms with Crippen LogP contribution in [0, 0.1) is 10.8 Å². The second-order valence-corrected chi connectivity index (χ2v) is 14.4. The summed E-state index contributed by atoms with van der Waals surface area (Å²) in [5.74, 6) is -0.758. The molecule has 50 heavy (non-hydrogen) atoms. The Labute approximate surface area is 295 Å². The molecule has 2 unspecified atom stereocenters. The maximum atomic E-state index is 13.8. The van der Waals surface area contributed by atoms with Crippen molar-refractivity contribution in [3.63, 3.8) is 0 Å². The number of carbonyl (C=O) groups excluding carboxylic acids is 4. The van der Waals surface area contributed by atoms with Gasteiger partial charge in [0.05, 0.1) is 19.9 Å². The minimum absolute atomic E-state index is 0.337. The lowest BCUT2D eigenvalue weighted by atomic mass is 9.86. The molecule has 1 aromatic heterocycles. The summed E-state index contributed by atoms with van der Waals surface area (Å²) in [5.41, 5.74) is 5.54. The molecule has 4 amide bonds. The second-order valence-electron chi connectivity index (χ2n) is 14.4. The van der Waals surface area contributed by atoms with E-state index in [-0.39, 0.29) is 11.9 Å². The van der Waals surface area contributed by atoms with Gasteiger partial charge in [0.25, 0.3) is 5.91 Å². The molecule has 3 aromatic rings. The number of pyridine rings is 1. The zero-order valence-electron chi connectivity index (χ0n) is 30.4. The minimum Gasteiger partial charge on any atom is -0.453 e. The number of ether oxygens (including phenoxy) is 2. The maximum absolute atomic E-state index is 13.8. The zero-order chi connectivity index (χ0) is 36.9. The molecule has 1 heterocycles. The third kappa shape index (κ3) is 12.5. The Kier molecular flexibility index (Phi) is 14.3. The summed E-state index contributed by atoms with van der Waals surface area (Å²) in [5, 5.41) is 10.3. The quantitative estimate of drug-likeness (QED) is 0.168. The highest BCUT2D eigenvalue weighted by atomic mass is 16.5. The van der Waals surface area contributed by atoms with E-state index in [1.807, 2.05) is 114 Å². The Bertz CT molecular complexity index is 1540. The fraction of sp³-hybridized carbons (Fsp3) is 0.447. The zero-order valence-corrected chi connectivity index (χ0v) is 30.4. The van der Waals surface area contributed by atoms with Gasteiger partial charge in [-0.15, -0.1) is 0 Å². The molecule has 0 fully saturated rings. The summed E-state index contributed by atoms with van der Waals surface area (Å²) in [6.45, 7) is 11.8. The van der Waals surface area contributed by atoms with E-state index in [0.29, 0.717) is 25.9 Å². The van der Waals surface area contributed by atoms with E-state index >= 15 is 0 Å². The van der Waals surface area contributed by atoms with Crippen LogP contribution in [0.3, 0.4) is 0 Å². The van der Waals surface area contributed by atoms with Crippen molar-refractivity contribution in [3.8, 4) is 11.3 Å². The molecule has 0 aliphatic heterocycles. The number of nitrogens with one attached hydrogen (secondary N) is 4. The van der Waals surface area contributed by atoms with Crippen LogP contribution in [0.5, 0.6) is 0 Å². The van der Waals surface area contributed by atoms with Crippen LogP contribution in [0.25, 0.3) is 11.3 Å². The highest BCUT2D eigenvalue weighted by molar-refractivity contribution is 5.87. The number of hydrogen-bond donors (Lipinski definition) is 4. The third-order valence-corrected chi connectivity index (χ3v) is 8.13. The molecule has 3 rings (SSSR count). The molecule has 0 aliphatic carbocycles. The predicted octanol–water partition coefficient (Wildman–Crippen LogP) is 5.24. The Hall–Kier alpha value is -4.97. The molecule has 0 bridgehead atoms. The van der Waals surface area contributed by atoms with Crippen LogP contribution >= 0.6 is 0 Å². The average Bonchev–Trinajstić information content (AvgIpc) is 3.08. The van der Waals surface area contributed by atoms with Crippen LogP contribution in [0.4, 0.5) is 9.59 Å². The van der Waals surface area contributed by atoms with Crippen molar-refractivity contribution < 1.29 is 28.7 Å².